The van der Waals surface area contributed by atoms with Gasteiger partial charge in [0.25, 0.3) is 0 Å². The van der Waals surface area contributed by atoms with Crippen molar-refractivity contribution >= 4 is 12.3 Å². The van der Waals surface area contributed by atoms with Gasteiger partial charge in [-0.05, 0) is 72.3 Å². The van der Waals surface area contributed by atoms with Crippen LogP contribution in [0, 0.1) is 11.8 Å². The minimum atomic E-state index is -0.454. The molecule has 6 heteroatoms. The molecule has 0 aromatic rings. The summed E-state index contributed by atoms with van der Waals surface area (Å²) < 4.78 is 5.50. The predicted octanol–water partition coefficient (Wildman–Crippen LogP) is 4.86. The van der Waals surface area contributed by atoms with Crippen molar-refractivity contribution in [2.24, 2.45) is 16.8 Å². The van der Waals surface area contributed by atoms with Crippen LogP contribution in [0.2, 0.25) is 0 Å². The highest BCUT2D eigenvalue weighted by Gasteiger charge is 2.26. The largest absolute Gasteiger partial charge is 0.444 e. The van der Waals surface area contributed by atoms with Gasteiger partial charge in [-0.2, -0.15) is 0 Å². The zero-order chi connectivity index (χ0) is 23.9. The lowest BCUT2D eigenvalue weighted by Gasteiger charge is -2.33. The second kappa shape index (κ2) is 11.7. The standard InChI is InChI=1S/C26H43N3O3/c1-18-14-19(2)21(4)28-16-23(17-30)24(20(3)15-18)27-11-8-22-9-12-29(13-10-22)25(31)32-26(5,6)7/h14-16,20-22,27,30H,8-13,17H2,1-7H3/b18-15?,19-14?,24-23-,28-16?. The van der Waals surface area contributed by atoms with Crippen LogP contribution < -0.4 is 5.32 Å². The van der Waals surface area contributed by atoms with Crippen LogP contribution in [0.25, 0.3) is 0 Å². The molecule has 2 aliphatic heterocycles. The SMILES string of the molecule is CC1=CC(C)/C(NCCC2CCN(C(=O)OC(C)(C)C)CC2)=C(/CO)C=NC(C)C(C)=C1. The monoisotopic (exact) mass is 445 g/mol. The number of nitrogens with one attached hydrogen (secondary N) is 1. The van der Waals surface area contributed by atoms with Gasteiger partial charge in [0, 0.05) is 43.0 Å². The highest BCUT2D eigenvalue weighted by Crippen LogP contribution is 2.23. The van der Waals surface area contributed by atoms with E-state index in [0.717, 1.165) is 50.2 Å². The van der Waals surface area contributed by atoms with Gasteiger partial charge in [0.05, 0.1) is 12.6 Å². The van der Waals surface area contributed by atoms with Gasteiger partial charge in [0.15, 0.2) is 0 Å². The third-order valence-electron chi connectivity index (χ3n) is 6.19. The van der Waals surface area contributed by atoms with Crippen molar-refractivity contribution in [2.75, 3.05) is 26.2 Å². The molecule has 2 N–H and O–H groups in total. The molecule has 6 nitrogen and oxygen atoms in total. The number of hydrogen-bond donors (Lipinski definition) is 2. The van der Waals surface area contributed by atoms with Gasteiger partial charge in [0.2, 0.25) is 0 Å². The number of aliphatic hydroxyl groups excluding tert-OH is 1. The summed E-state index contributed by atoms with van der Waals surface area (Å²) in [5, 5.41) is 13.6. The van der Waals surface area contributed by atoms with Crippen LogP contribution in [0.5, 0.6) is 0 Å². The maximum atomic E-state index is 12.3. The minimum Gasteiger partial charge on any atom is -0.444 e. The van der Waals surface area contributed by atoms with Crippen LogP contribution in [0.4, 0.5) is 4.79 Å². The maximum absolute atomic E-state index is 12.3. The van der Waals surface area contributed by atoms with Crippen LogP contribution in [-0.4, -0.2) is 60.2 Å². The first-order valence-corrected chi connectivity index (χ1v) is 12.0. The Morgan fingerprint density at radius 1 is 1.25 bits per heavy atom. The summed E-state index contributed by atoms with van der Waals surface area (Å²) in [7, 11) is 0. The average molecular weight is 446 g/mol. The first-order chi connectivity index (χ1) is 15.0. The van der Waals surface area contributed by atoms with E-state index in [2.05, 4.69) is 50.2 Å². The van der Waals surface area contributed by atoms with Crippen molar-refractivity contribution in [3.05, 3.63) is 34.6 Å². The Morgan fingerprint density at radius 2 is 1.91 bits per heavy atom. The Hall–Kier alpha value is -2.08. The molecule has 0 bridgehead atoms. The molecule has 32 heavy (non-hydrogen) atoms. The molecule has 2 unspecified atom stereocenters. The second-order valence-corrected chi connectivity index (χ2v) is 10.3. The second-order valence-electron chi connectivity index (χ2n) is 10.3. The lowest BCUT2D eigenvalue weighted by atomic mass is 9.93. The highest BCUT2D eigenvalue weighted by atomic mass is 16.6. The Labute approximate surface area is 194 Å². The molecule has 1 saturated heterocycles. The fourth-order valence-electron chi connectivity index (χ4n) is 4.23. The van der Waals surface area contributed by atoms with Gasteiger partial charge in [-0.1, -0.05) is 24.6 Å². The van der Waals surface area contributed by atoms with E-state index in [1.165, 1.54) is 11.1 Å². The molecule has 0 aromatic heterocycles. The molecule has 2 aliphatic rings. The number of nitrogens with zero attached hydrogens (tertiary/aromatic N) is 2. The van der Waals surface area contributed by atoms with E-state index in [0.29, 0.717) is 5.92 Å². The molecule has 0 aliphatic carbocycles. The molecule has 0 aromatic carbocycles. The van der Waals surface area contributed by atoms with Crippen molar-refractivity contribution < 1.29 is 14.6 Å². The quantitative estimate of drug-likeness (QED) is 0.634. The predicted molar refractivity (Wildman–Crippen MR) is 132 cm³/mol. The zero-order valence-corrected chi connectivity index (χ0v) is 21.1. The zero-order valence-electron chi connectivity index (χ0n) is 21.1. The summed E-state index contributed by atoms with van der Waals surface area (Å²) in [6.07, 6.45) is 9.07. The first kappa shape index (κ1) is 26.2. The van der Waals surface area contributed by atoms with Gasteiger partial charge in [-0.25, -0.2) is 4.79 Å². The van der Waals surface area contributed by atoms with E-state index >= 15 is 0 Å². The number of ether oxygens (including phenoxy) is 1. The summed E-state index contributed by atoms with van der Waals surface area (Å²) in [6, 6.07) is 0.0877. The lowest BCUT2D eigenvalue weighted by molar-refractivity contribution is 0.0181. The summed E-state index contributed by atoms with van der Waals surface area (Å²) in [5.41, 5.74) is 3.87. The van der Waals surface area contributed by atoms with Crippen LogP contribution in [-0.2, 0) is 4.74 Å². The number of piperidine rings is 1. The number of aliphatic imine (C=N–C) groups is 1. The van der Waals surface area contributed by atoms with Crippen LogP contribution >= 0.6 is 0 Å². The van der Waals surface area contributed by atoms with Crippen LogP contribution in [0.15, 0.2) is 39.6 Å². The number of aliphatic hydroxyl groups is 1. The molecule has 1 amide bonds. The first-order valence-electron chi connectivity index (χ1n) is 12.0. The number of carbonyl (C=O) groups is 1. The molecule has 0 saturated carbocycles. The van der Waals surface area contributed by atoms with Gasteiger partial charge in [-0.3, -0.25) is 4.99 Å². The molecule has 0 radical (unpaired) electrons. The molecular weight excluding hydrogens is 402 g/mol. The van der Waals surface area contributed by atoms with Crippen molar-refractivity contribution in [1.29, 1.82) is 0 Å². The summed E-state index contributed by atoms with van der Waals surface area (Å²) in [5.74, 6) is 0.737. The lowest BCUT2D eigenvalue weighted by Crippen LogP contribution is -2.42. The van der Waals surface area contributed by atoms with Gasteiger partial charge in [0.1, 0.15) is 5.60 Å². The van der Waals surface area contributed by atoms with Crippen molar-refractivity contribution in [1.82, 2.24) is 10.2 Å². The molecule has 2 atom stereocenters. The van der Waals surface area contributed by atoms with Crippen molar-refractivity contribution in [3.63, 3.8) is 0 Å². The minimum absolute atomic E-state index is 0.0349. The van der Waals surface area contributed by atoms with Crippen molar-refractivity contribution in [3.8, 4) is 0 Å². The normalized spacial score (nSPS) is 25.8. The van der Waals surface area contributed by atoms with Crippen LogP contribution in [0.3, 0.4) is 0 Å². The Balaban J connectivity index is 1.96. The number of carbonyl (C=O) groups excluding carboxylic acids is 1. The highest BCUT2D eigenvalue weighted by molar-refractivity contribution is 5.80. The number of allylic oxidation sites excluding steroid dienone is 3. The van der Waals surface area contributed by atoms with Gasteiger partial charge >= 0.3 is 6.09 Å². The Morgan fingerprint density at radius 3 is 2.50 bits per heavy atom. The third kappa shape index (κ3) is 8.12. The van der Waals surface area contributed by atoms with Crippen LogP contribution in [0.1, 0.15) is 67.7 Å². The summed E-state index contributed by atoms with van der Waals surface area (Å²) >= 11 is 0. The van der Waals surface area contributed by atoms with E-state index < -0.39 is 5.60 Å². The van der Waals surface area contributed by atoms with Crippen molar-refractivity contribution in [2.45, 2.75) is 79.4 Å². The number of rotatable bonds is 5. The maximum Gasteiger partial charge on any atom is 0.410 e. The molecular formula is C26H43N3O3. The third-order valence-corrected chi connectivity index (χ3v) is 6.19. The molecule has 180 valence electrons. The molecule has 0 spiro atoms. The van der Waals surface area contributed by atoms with E-state index in [9.17, 15) is 9.90 Å². The topological polar surface area (TPSA) is 74.2 Å². The Bertz CT molecular complexity index is 766. The smallest absolute Gasteiger partial charge is 0.410 e. The number of likely N-dealkylation sites (tertiary alicyclic amines) is 1. The number of hydrogen-bond acceptors (Lipinski definition) is 5. The molecule has 2 rings (SSSR count). The van der Waals surface area contributed by atoms with E-state index in [4.69, 9.17) is 4.74 Å². The van der Waals surface area contributed by atoms with E-state index in [1.54, 1.807) is 0 Å². The van der Waals surface area contributed by atoms with E-state index in [1.807, 2.05) is 31.9 Å². The number of amides is 1. The fraction of sp³-hybridized carbons (Fsp3) is 0.692. The molecule has 1 fully saturated rings. The Kier molecular flexibility index (Phi) is 9.56. The summed E-state index contributed by atoms with van der Waals surface area (Å²) in [4.78, 5) is 18.8. The van der Waals surface area contributed by atoms with E-state index in [-0.39, 0.29) is 24.7 Å². The summed E-state index contributed by atoms with van der Waals surface area (Å²) in [6.45, 7) is 16.5. The molecule has 2 heterocycles. The fourth-order valence-corrected chi connectivity index (χ4v) is 4.23. The van der Waals surface area contributed by atoms with Gasteiger partial charge < -0.3 is 20.1 Å². The average Bonchev–Trinajstić information content (AvgIpc) is 2.70. The van der Waals surface area contributed by atoms with Gasteiger partial charge in [-0.15, -0.1) is 0 Å².